The maximum atomic E-state index is 12.3. The van der Waals surface area contributed by atoms with Crippen molar-refractivity contribution in [1.29, 1.82) is 0 Å². The van der Waals surface area contributed by atoms with E-state index in [1.54, 1.807) is 18.2 Å². The van der Waals surface area contributed by atoms with Gasteiger partial charge in [-0.25, -0.2) is 0 Å². The van der Waals surface area contributed by atoms with Gasteiger partial charge in [0.25, 0.3) is 5.91 Å². The lowest BCUT2D eigenvalue weighted by atomic mass is 10.1. The zero-order chi connectivity index (χ0) is 20.3. The predicted molar refractivity (Wildman–Crippen MR) is 92.7 cm³/mol. The fourth-order valence-electron chi connectivity index (χ4n) is 2.59. The second-order valence-corrected chi connectivity index (χ2v) is 5.89. The van der Waals surface area contributed by atoms with Crippen LogP contribution in [0.1, 0.15) is 16.8 Å². The van der Waals surface area contributed by atoms with Crippen LogP contribution in [-0.2, 0) is 9.59 Å². The second kappa shape index (κ2) is 7.59. The third-order valence-electron chi connectivity index (χ3n) is 3.81. The summed E-state index contributed by atoms with van der Waals surface area (Å²) in [7, 11) is 0. The zero-order valence-corrected chi connectivity index (χ0v) is 14.2. The number of benzene rings is 2. The Kier molecular flexibility index (Phi) is 5.21. The smallest absolute Gasteiger partial charge is 0.406 e. The number of carbonyl (C=O) groups excluding carboxylic acids is 3. The van der Waals surface area contributed by atoms with Crippen LogP contribution in [0.5, 0.6) is 5.75 Å². The Balaban J connectivity index is 1.62. The molecule has 1 aliphatic rings. The van der Waals surface area contributed by atoms with E-state index in [1.807, 2.05) is 0 Å². The van der Waals surface area contributed by atoms with Crippen molar-refractivity contribution in [3.63, 3.8) is 0 Å². The summed E-state index contributed by atoms with van der Waals surface area (Å²) in [6.45, 7) is 0. The molecule has 3 amide bonds. The molecule has 7 nitrogen and oxygen atoms in total. The van der Waals surface area contributed by atoms with Crippen LogP contribution in [0.3, 0.4) is 0 Å². The molecule has 0 spiro atoms. The minimum Gasteiger partial charge on any atom is -0.406 e. The topological polar surface area (TPSA) is 96.5 Å². The van der Waals surface area contributed by atoms with Crippen molar-refractivity contribution in [2.45, 2.75) is 18.8 Å². The van der Waals surface area contributed by atoms with Crippen molar-refractivity contribution in [3.8, 4) is 5.75 Å². The van der Waals surface area contributed by atoms with E-state index in [-0.39, 0.29) is 17.7 Å². The normalized spacial score (nSPS) is 16.3. The molecule has 10 heteroatoms. The van der Waals surface area contributed by atoms with E-state index in [1.165, 1.54) is 18.2 Å². The maximum absolute atomic E-state index is 12.3. The van der Waals surface area contributed by atoms with Crippen LogP contribution in [0.2, 0.25) is 0 Å². The molecule has 3 rings (SSSR count). The van der Waals surface area contributed by atoms with Gasteiger partial charge in [-0.05, 0) is 36.4 Å². The summed E-state index contributed by atoms with van der Waals surface area (Å²) in [5, 5.41) is 7.50. The Morgan fingerprint density at radius 2 is 1.75 bits per heavy atom. The van der Waals surface area contributed by atoms with E-state index < -0.39 is 35.9 Å². The van der Waals surface area contributed by atoms with Crippen LogP contribution in [0.4, 0.5) is 24.5 Å². The molecule has 0 bridgehead atoms. The molecule has 0 fully saturated rings. The lowest BCUT2D eigenvalue weighted by molar-refractivity contribution is -0.274. The largest absolute Gasteiger partial charge is 0.573 e. The van der Waals surface area contributed by atoms with Crippen molar-refractivity contribution in [2.24, 2.45) is 0 Å². The van der Waals surface area contributed by atoms with E-state index in [0.29, 0.717) is 5.69 Å². The molecule has 146 valence electrons. The molecule has 2 aromatic rings. The standard InChI is InChI=1S/C18H14F3N3O4/c19-18(20,21)28-11-7-5-10(6-8-11)22-15(25)9-14-17(27)23-13-4-2-1-3-12(13)16(26)24-14/h1-8,14H,9H2,(H,22,25)(H,23,27)(H,24,26)/t14-/m0/s1. The highest BCUT2D eigenvalue weighted by atomic mass is 19.4. The van der Waals surface area contributed by atoms with Gasteiger partial charge in [0.05, 0.1) is 17.7 Å². The van der Waals surface area contributed by atoms with Crippen LogP contribution in [0.15, 0.2) is 48.5 Å². The SMILES string of the molecule is O=C(C[C@@H]1NC(=O)c2ccccc2NC1=O)Nc1ccc(OC(F)(F)F)cc1. The lowest BCUT2D eigenvalue weighted by Gasteiger charge is -2.14. The average molecular weight is 393 g/mol. The Hall–Kier alpha value is -3.56. The van der Waals surface area contributed by atoms with Crippen LogP contribution in [0, 0.1) is 0 Å². The summed E-state index contributed by atoms with van der Waals surface area (Å²) < 4.78 is 40.2. The number of amides is 3. The predicted octanol–water partition coefficient (Wildman–Crippen LogP) is 2.66. The molecule has 0 aromatic heterocycles. The Morgan fingerprint density at radius 3 is 2.43 bits per heavy atom. The maximum Gasteiger partial charge on any atom is 0.573 e. The van der Waals surface area contributed by atoms with Gasteiger partial charge in [0.2, 0.25) is 11.8 Å². The molecule has 1 aliphatic heterocycles. The van der Waals surface area contributed by atoms with Gasteiger partial charge in [-0.2, -0.15) is 0 Å². The monoisotopic (exact) mass is 393 g/mol. The molecule has 0 saturated heterocycles. The minimum absolute atomic E-state index is 0.211. The van der Waals surface area contributed by atoms with Gasteiger partial charge in [0.1, 0.15) is 11.8 Å². The first-order valence-corrected chi connectivity index (χ1v) is 8.08. The number of ether oxygens (including phenoxy) is 1. The third kappa shape index (κ3) is 4.78. The van der Waals surface area contributed by atoms with Crippen LogP contribution < -0.4 is 20.7 Å². The van der Waals surface area contributed by atoms with Crippen molar-refractivity contribution >= 4 is 29.1 Å². The van der Waals surface area contributed by atoms with Crippen LogP contribution >= 0.6 is 0 Å². The first kappa shape index (κ1) is 19.2. The van der Waals surface area contributed by atoms with Gasteiger partial charge in [0, 0.05) is 5.69 Å². The molecule has 1 atom stereocenters. The number of anilines is 2. The first-order chi connectivity index (χ1) is 13.2. The summed E-state index contributed by atoms with van der Waals surface area (Å²) >= 11 is 0. The molecular formula is C18H14F3N3O4. The molecule has 28 heavy (non-hydrogen) atoms. The van der Waals surface area contributed by atoms with Crippen LogP contribution in [0.25, 0.3) is 0 Å². The highest BCUT2D eigenvalue weighted by Crippen LogP contribution is 2.24. The number of halogens is 3. The van der Waals surface area contributed by atoms with Crippen molar-refractivity contribution < 1.29 is 32.3 Å². The van der Waals surface area contributed by atoms with Crippen molar-refractivity contribution in [1.82, 2.24) is 5.32 Å². The fourth-order valence-corrected chi connectivity index (χ4v) is 2.59. The summed E-state index contributed by atoms with van der Waals surface area (Å²) in [6, 6.07) is 9.83. The number of rotatable bonds is 4. The van der Waals surface area contributed by atoms with Gasteiger partial charge < -0.3 is 20.7 Å². The average Bonchev–Trinajstić information content (AvgIpc) is 2.72. The van der Waals surface area contributed by atoms with Crippen molar-refractivity contribution in [2.75, 3.05) is 10.6 Å². The highest BCUT2D eigenvalue weighted by molar-refractivity contribution is 6.11. The van der Waals surface area contributed by atoms with E-state index in [0.717, 1.165) is 12.1 Å². The van der Waals surface area contributed by atoms with Crippen LogP contribution in [-0.4, -0.2) is 30.1 Å². The van der Waals surface area contributed by atoms with Gasteiger partial charge in [-0.1, -0.05) is 12.1 Å². The second-order valence-electron chi connectivity index (χ2n) is 5.89. The van der Waals surface area contributed by atoms with Gasteiger partial charge in [-0.3, -0.25) is 14.4 Å². The molecule has 0 unspecified atom stereocenters. The third-order valence-corrected chi connectivity index (χ3v) is 3.81. The fraction of sp³-hybridized carbons (Fsp3) is 0.167. The first-order valence-electron chi connectivity index (χ1n) is 8.08. The molecule has 0 saturated carbocycles. The number of para-hydroxylation sites is 1. The van der Waals surface area contributed by atoms with Gasteiger partial charge in [0.15, 0.2) is 0 Å². The Morgan fingerprint density at radius 1 is 1.07 bits per heavy atom. The number of nitrogens with one attached hydrogen (secondary N) is 3. The molecule has 3 N–H and O–H groups in total. The number of hydrogen-bond donors (Lipinski definition) is 3. The Bertz CT molecular complexity index is 913. The number of hydrogen-bond acceptors (Lipinski definition) is 4. The number of carbonyl (C=O) groups is 3. The van der Waals surface area contributed by atoms with E-state index in [9.17, 15) is 27.6 Å². The summed E-state index contributed by atoms with van der Waals surface area (Å²) in [6.07, 6.45) is -5.17. The molecule has 0 aliphatic carbocycles. The summed E-state index contributed by atoms with van der Waals surface area (Å²) in [4.78, 5) is 36.6. The summed E-state index contributed by atoms with van der Waals surface area (Å²) in [5.41, 5.74) is 0.829. The minimum atomic E-state index is -4.81. The number of alkyl halides is 3. The highest BCUT2D eigenvalue weighted by Gasteiger charge is 2.31. The summed E-state index contributed by atoms with van der Waals surface area (Å²) in [5.74, 6) is -2.09. The van der Waals surface area contributed by atoms with Gasteiger partial charge >= 0.3 is 6.36 Å². The molecule has 2 aromatic carbocycles. The zero-order valence-electron chi connectivity index (χ0n) is 14.2. The lowest BCUT2D eigenvalue weighted by Crippen LogP contribution is -2.43. The molecular weight excluding hydrogens is 379 g/mol. The van der Waals surface area contributed by atoms with E-state index >= 15 is 0 Å². The number of fused-ring (bicyclic) bond motifs is 1. The van der Waals surface area contributed by atoms with Crippen molar-refractivity contribution in [3.05, 3.63) is 54.1 Å². The molecule has 0 radical (unpaired) electrons. The molecule has 1 heterocycles. The van der Waals surface area contributed by atoms with E-state index in [2.05, 4.69) is 20.7 Å². The quantitative estimate of drug-likeness (QED) is 0.744. The van der Waals surface area contributed by atoms with E-state index in [4.69, 9.17) is 0 Å². The van der Waals surface area contributed by atoms with Gasteiger partial charge in [-0.15, -0.1) is 13.2 Å². The Labute approximate surface area is 156 Å².